The van der Waals surface area contributed by atoms with Gasteiger partial charge in [0.05, 0.1) is 0 Å². The molecular formula is C74H112N4. The molecule has 4 N–H and O–H groups in total. The Morgan fingerprint density at radius 1 is 0.282 bits per heavy atom. The minimum Gasteiger partial charge on any atom is -0.310 e. The van der Waals surface area contributed by atoms with E-state index in [-0.39, 0.29) is 21.7 Å². The van der Waals surface area contributed by atoms with Crippen LogP contribution in [0.4, 0.5) is 0 Å². The van der Waals surface area contributed by atoms with Gasteiger partial charge in [0.25, 0.3) is 0 Å². The lowest BCUT2D eigenvalue weighted by molar-refractivity contribution is -0.128. The van der Waals surface area contributed by atoms with E-state index < -0.39 is 0 Å². The maximum atomic E-state index is 5.00. The van der Waals surface area contributed by atoms with Crippen molar-refractivity contribution < 1.29 is 0 Å². The standard InChI is InChI=1S/C74H112N4/c1-71(2,3)45-31-43(32-46(35-45)72(4,5)6)63-55-27-29-57(75-55)67-51-25-21-41-17-13-15-39-19-23-49(65(51)61(39)41)53-37-59(77-69(53)67)64(44-33-47(73(7,8)9)36-48(34-44)74(10,11)12)60-38-54-50-24-20-40-16-14-18-42-22-26-52(66(50)62(40)42)68(70(54)78-60)58-30-28-56(63)76-58/h31-36,39-42,49-70,75-78H,13-30,37-38H2,1-12H3. The van der Waals surface area contributed by atoms with Gasteiger partial charge in [-0.25, -0.2) is 0 Å². The first-order chi connectivity index (χ1) is 37.2. The molecule has 0 radical (unpaired) electrons. The van der Waals surface area contributed by atoms with Crippen molar-refractivity contribution in [3.63, 3.8) is 0 Å². The predicted molar refractivity (Wildman–Crippen MR) is 324 cm³/mol. The Morgan fingerprint density at radius 2 is 0.603 bits per heavy atom. The van der Waals surface area contributed by atoms with Gasteiger partial charge in [-0.15, -0.1) is 0 Å². The molecule has 78 heavy (non-hydrogen) atoms. The average molecular weight is 1060 g/mol. The van der Waals surface area contributed by atoms with Gasteiger partial charge in [0.2, 0.25) is 0 Å². The first-order valence-electron chi connectivity index (χ1n) is 34.5. The van der Waals surface area contributed by atoms with Crippen LogP contribution in [-0.4, -0.2) is 48.3 Å². The summed E-state index contributed by atoms with van der Waals surface area (Å²) in [5.74, 6) is 15.5. The third-order valence-corrected chi connectivity index (χ3v) is 27.8. The van der Waals surface area contributed by atoms with Crippen LogP contribution in [0.2, 0.25) is 0 Å². The van der Waals surface area contributed by atoms with Crippen molar-refractivity contribution in [1.82, 2.24) is 21.3 Å². The molecule has 15 rings (SSSR count). The second kappa shape index (κ2) is 18.9. The van der Waals surface area contributed by atoms with E-state index in [1.807, 2.05) is 0 Å². The largest absolute Gasteiger partial charge is 0.310 e. The van der Waals surface area contributed by atoms with Crippen LogP contribution in [0.25, 0.3) is 0 Å². The molecule has 4 heteroatoms. The number of benzene rings is 2. The monoisotopic (exact) mass is 1060 g/mol. The summed E-state index contributed by atoms with van der Waals surface area (Å²) in [4.78, 5) is 0. The Bertz CT molecular complexity index is 2390. The molecular weight excluding hydrogens is 945 g/mol. The molecule has 24 atom stereocenters. The third-order valence-electron chi connectivity index (χ3n) is 27.8. The Morgan fingerprint density at radius 3 is 0.949 bits per heavy atom. The van der Waals surface area contributed by atoms with Crippen LogP contribution in [0, 0.1) is 94.7 Å². The highest BCUT2D eigenvalue weighted by atomic mass is 15.1. The lowest BCUT2D eigenvalue weighted by Gasteiger charge is -2.63. The van der Waals surface area contributed by atoms with E-state index in [1.54, 1.807) is 33.4 Å². The summed E-state index contributed by atoms with van der Waals surface area (Å²) < 4.78 is 0. The molecule has 0 aromatic heterocycles. The fourth-order valence-electron chi connectivity index (χ4n) is 24.7. The van der Waals surface area contributed by atoms with Gasteiger partial charge in [-0.2, -0.15) is 0 Å². The van der Waals surface area contributed by atoms with E-state index in [0.717, 1.165) is 94.7 Å². The fraction of sp³-hybridized carbons (Fsp3) is 0.838. The molecule has 5 heterocycles. The van der Waals surface area contributed by atoms with Gasteiger partial charge in [0, 0.05) is 60.2 Å². The fourth-order valence-corrected chi connectivity index (χ4v) is 24.7. The molecule has 4 nitrogen and oxygen atoms in total. The molecule has 428 valence electrons. The van der Waals surface area contributed by atoms with Crippen LogP contribution < -0.4 is 21.3 Å². The highest BCUT2D eigenvalue weighted by Gasteiger charge is 2.66. The molecule has 2 aromatic rings. The Labute approximate surface area is 476 Å². The highest BCUT2D eigenvalue weighted by molar-refractivity contribution is 5.43. The number of hydrogen-bond donors (Lipinski definition) is 4. The lowest BCUT2D eigenvalue weighted by Crippen LogP contribution is -2.64. The quantitative estimate of drug-likeness (QED) is 0.242. The SMILES string of the molecule is CC(C)(C)c1cc(C2C3CCC(N3)C3C4CCC5CCCC6CCC(C7CC(NC73)C(c3cc(C(C)(C)C)cc(C(C)(C)C)c3)C3CC7C8CCC9CCCC%10CCC(C(C%11CCC2N%11)C7N3)C8C9%10)C4C65)cc(C(C)(C)C)c1. The first kappa shape index (κ1) is 53.0. The zero-order chi connectivity index (χ0) is 53.7. The minimum absolute atomic E-state index is 0.101. The molecule has 5 aliphatic heterocycles. The lowest BCUT2D eigenvalue weighted by atomic mass is 9.43. The number of nitrogens with one attached hydrogen (secondary N) is 4. The summed E-state index contributed by atoms with van der Waals surface area (Å²) in [6.07, 6.45) is 29.5. The van der Waals surface area contributed by atoms with Gasteiger partial charge in [-0.3, -0.25) is 0 Å². The summed E-state index contributed by atoms with van der Waals surface area (Å²) in [5.41, 5.74) is 10.0. The van der Waals surface area contributed by atoms with Crippen LogP contribution in [0.15, 0.2) is 36.4 Å². The maximum Gasteiger partial charge on any atom is 0.0157 e. The second-order valence-electron chi connectivity index (χ2n) is 35.4. The van der Waals surface area contributed by atoms with Gasteiger partial charge >= 0.3 is 0 Å². The third kappa shape index (κ3) is 8.53. The van der Waals surface area contributed by atoms with Crippen molar-refractivity contribution in [1.29, 1.82) is 0 Å². The van der Waals surface area contributed by atoms with Crippen molar-refractivity contribution in [3.05, 3.63) is 69.8 Å². The molecule has 13 aliphatic rings. The summed E-state index contributed by atoms with van der Waals surface area (Å²) in [6.45, 7) is 29.9. The zero-order valence-electron chi connectivity index (χ0n) is 51.6. The number of fused-ring (bicyclic) bond motifs is 12. The minimum atomic E-state index is 0.101. The van der Waals surface area contributed by atoms with E-state index in [0.29, 0.717) is 60.2 Å². The molecule has 2 aromatic carbocycles. The number of rotatable bonds is 2. The van der Waals surface area contributed by atoms with Crippen LogP contribution >= 0.6 is 0 Å². The van der Waals surface area contributed by atoms with Gasteiger partial charge in [0.1, 0.15) is 0 Å². The highest BCUT2D eigenvalue weighted by Crippen LogP contribution is 2.68. The maximum absolute atomic E-state index is 5.00. The smallest absolute Gasteiger partial charge is 0.0157 e. The topological polar surface area (TPSA) is 48.1 Å². The summed E-state index contributed by atoms with van der Waals surface area (Å²) in [6, 6.07) is 20.9. The summed E-state index contributed by atoms with van der Waals surface area (Å²) >= 11 is 0. The van der Waals surface area contributed by atoms with E-state index >= 15 is 0 Å². The second-order valence-corrected chi connectivity index (χ2v) is 35.4. The summed E-state index contributed by atoms with van der Waals surface area (Å²) in [5, 5.41) is 19.8. The molecule has 0 spiro atoms. The van der Waals surface area contributed by atoms with E-state index in [1.165, 1.54) is 128 Å². The van der Waals surface area contributed by atoms with Crippen LogP contribution in [0.5, 0.6) is 0 Å². The van der Waals surface area contributed by atoms with Crippen molar-refractivity contribution in [3.8, 4) is 0 Å². The van der Waals surface area contributed by atoms with Crippen molar-refractivity contribution in [2.24, 2.45) is 94.7 Å². The molecule has 8 bridgehead atoms. The molecule has 24 unspecified atom stereocenters. The molecule has 5 saturated heterocycles. The molecule has 0 amide bonds. The van der Waals surface area contributed by atoms with Crippen LogP contribution in [0.1, 0.15) is 257 Å². The van der Waals surface area contributed by atoms with Crippen LogP contribution in [-0.2, 0) is 21.7 Å². The predicted octanol–water partition coefficient (Wildman–Crippen LogP) is 15.9. The van der Waals surface area contributed by atoms with E-state index in [4.69, 9.17) is 21.3 Å². The zero-order valence-corrected chi connectivity index (χ0v) is 51.6. The van der Waals surface area contributed by atoms with Gasteiger partial charge < -0.3 is 21.3 Å². The van der Waals surface area contributed by atoms with Crippen molar-refractivity contribution in [2.75, 3.05) is 0 Å². The van der Waals surface area contributed by atoms with E-state index in [9.17, 15) is 0 Å². The first-order valence-corrected chi connectivity index (χ1v) is 34.5. The van der Waals surface area contributed by atoms with Crippen LogP contribution in [0.3, 0.4) is 0 Å². The number of hydrogen-bond acceptors (Lipinski definition) is 4. The van der Waals surface area contributed by atoms with Crippen molar-refractivity contribution in [2.45, 2.75) is 293 Å². The Kier molecular flexibility index (Phi) is 12.8. The van der Waals surface area contributed by atoms with Gasteiger partial charge in [0.15, 0.2) is 0 Å². The Hall–Kier alpha value is -1.72. The molecule has 13 fully saturated rings. The summed E-state index contributed by atoms with van der Waals surface area (Å²) in [7, 11) is 0. The van der Waals surface area contributed by atoms with Crippen molar-refractivity contribution >= 4 is 0 Å². The molecule has 8 saturated carbocycles. The Balaban J connectivity index is 0.909. The van der Waals surface area contributed by atoms with Gasteiger partial charge in [-0.05, 0) is 240 Å². The normalized spacial score (nSPS) is 48.3. The average Bonchev–Trinajstić information content (AvgIpc) is 4.09. The van der Waals surface area contributed by atoms with E-state index in [2.05, 4.69) is 119 Å². The van der Waals surface area contributed by atoms with Gasteiger partial charge in [-0.1, -0.05) is 158 Å². The molecule has 8 aliphatic carbocycles.